The number of nitrogens with one attached hydrogen (secondary N) is 3. The van der Waals surface area contributed by atoms with E-state index in [1.165, 1.54) is 19.1 Å². The number of anilines is 1. The van der Waals surface area contributed by atoms with E-state index in [1.807, 2.05) is 0 Å². The first-order valence-electron chi connectivity index (χ1n) is 17.7. The number of aryl methyl sites for hydroxylation is 1. The predicted molar refractivity (Wildman–Crippen MR) is 186 cm³/mol. The first-order chi connectivity index (χ1) is 25.0. The molecule has 1 saturated heterocycles. The van der Waals surface area contributed by atoms with Gasteiger partial charge in [0.25, 0.3) is 11.8 Å². The molecule has 7 N–H and O–H groups in total. The van der Waals surface area contributed by atoms with Gasteiger partial charge in [-0.25, -0.2) is 4.79 Å². The van der Waals surface area contributed by atoms with Crippen LogP contribution in [0, 0.1) is 5.92 Å². The Morgan fingerprint density at radius 3 is 2.19 bits per heavy atom. The maximum atomic E-state index is 13.2. The minimum absolute atomic E-state index is 0.00600. The first-order valence-corrected chi connectivity index (χ1v) is 17.7. The Morgan fingerprint density at radius 2 is 1.57 bits per heavy atom. The van der Waals surface area contributed by atoms with Crippen LogP contribution in [0.15, 0.2) is 30.4 Å². The number of rotatable bonds is 19. The van der Waals surface area contributed by atoms with Crippen molar-refractivity contribution in [2.75, 3.05) is 11.9 Å². The van der Waals surface area contributed by atoms with Crippen molar-refractivity contribution in [1.29, 1.82) is 0 Å². The summed E-state index contributed by atoms with van der Waals surface area (Å²) in [6, 6.07) is 2.79. The van der Waals surface area contributed by atoms with Crippen LogP contribution in [0.5, 0.6) is 0 Å². The van der Waals surface area contributed by atoms with Gasteiger partial charge in [0, 0.05) is 37.2 Å². The number of hydrogen-bond acceptors (Lipinski definition) is 12. The van der Waals surface area contributed by atoms with Crippen LogP contribution in [-0.2, 0) is 56.1 Å². The van der Waals surface area contributed by atoms with Gasteiger partial charge in [0.15, 0.2) is 6.10 Å². The van der Waals surface area contributed by atoms with E-state index in [0.29, 0.717) is 36.1 Å². The highest BCUT2D eigenvalue weighted by molar-refractivity contribution is 6.12. The van der Waals surface area contributed by atoms with E-state index in [-0.39, 0.29) is 62.5 Å². The summed E-state index contributed by atoms with van der Waals surface area (Å²) in [5.74, 6) is -4.51. The zero-order valence-corrected chi connectivity index (χ0v) is 30.3. The molecule has 0 spiro atoms. The summed E-state index contributed by atoms with van der Waals surface area (Å²) in [4.78, 5) is 86.8. The zero-order chi connectivity index (χ0) is 39.4. The van der Waals surface area contributed by atoms with E-state index in [0.717, 1.165) is 4.90 Å². The van der Waals surface area contributed by atoms with Crippen LogP contribution < -0.4 is 16.0 Å². The van der Waals surface area contributed by atoms with Crippen LogP contribution in [0.4, 0.5) is 5.69 Å². The number of aliphatic carboxylic acids is 1. The van der Waals surface area contributed by atoms with Gasteiger partial charge in [0.05, 0.1) is 6.10 Å². The normalized spacial score (nSPS) is 22.3. The lowest BCUT2D eigenvalue weighted by atomic mass is 9.91. The number of aliphatic hydroxyl groups excluding tert-OH is 3. The smallest absolute Gasteiger partial charge is 0.335 e. The summed E-state index contributed by atoms with van der Waals surface area (Å²) in [5.41, 5.74) is 1.41. The molecule has 0 bridgehead atoms. The molecule has 0 aromatic heterocycles. The van der Waals surface area contributed by atoms with Crippen molar-refractivity contribution in [3.63, 3.8) is 0 Å². The number of esters is 1. The highest BCUT2D eigenvalue weighted by atomic mass is 16.6. The highest BCUT2D eigenvalue weighted by Crippen LogP contribution is 2.27. The highest BCUT2D eigenvalue weighted by Gasteiger charge is 2.46. The molecule has 1 aromatic carbocycles. The van der Waals surface area contributed by atoms with Gasteiger partial charge >= 0.3 is 11.9 Å². The van der Waals surface area contributed by atoms with Crippen molar-refractivity contribution in [2.24, 2.45) is 5.92 Å². The second kappa shape index (κ2) is 19.9. The predicted octanol–water partition coefficient (Wildman–Crippen LogP) is 0.0765. The molecule has 0 unspecified atom stereocenters. The fraction of sp³-hybridized carbons (Fsp3) is 0.583. The Bertz CT molecular complexity index is 1530. The number of carbonyl (C=O) groups excluding carboxylic acids is 6. The van der Waals surface area contributed by atoms with Crippen molar-refractivity contribution in [2.45, 2.75) is 122 Å². The van der Waals surface area contributed by atoms with Crippen molar-refractivity contribution in [1.82, 2.24) is 15.5 Å². The molecular formula is C36H50N4O13. The van der Waals surface area contributed by atoms with Gasteiger partial charge in [0.1, 0.15) is 37.0 Å². The Labute approximate surface area is 307 Å². The molecule has 1 aromatic rings. The van der Waals surface area contributed by atoms with Crippen LogP contribution >= 0.6 is 0 Å². The Kier molecular flexibility index (Phi) is 16.1. The van der Waals surface area contributed by atoms with Crippen molar-refractivity contribution < 1.29 is 63.5 Å². The summed E-state index contributed by atoms with van der Waals surface area (Å²) in [6.07, 6.45) is -3.71. The number of carboxylic acid groups (broad SMARTS) is 1. The Morgan fingerprint density at radius 1 is 0.887 bits per heavy atom. The van der Waals surface area contributed by atoms with Crippen molar-refractivity contribution in [3.8, 4) is 0 Å². The van der Waals surface area contributed by atoms with Crippen LogP contribution in [-0.4, -0.2) is 116 Å². The van der Waals surface area contributed by atoms with E-state index in [2.05, 4.69) is 16.0 Å². The molecule has 2 aliphatic heterocycles. The fourth-order valence-corrected chi connectivity index (χ4v) is 5.81. The molecule has 17 nitrogen and oxygen atoms in total. The van der Waals surface area contributed by atoms with Gasteiger partial charge in [-0.1, -0.05) is 33.3 Å². The fourth-order valence-electron chi connectivity index (χ4n) is 5.81. The maximum absolute atomic E-state index is 13.2. The van der Waals surface area contributed by atoms with Crippen LogP contribution in [0.2, 0.25) is 0 Å². The molecule has 2 aliphatic rings. The average molecular weight is 747 g/mol. The minimum atomic E-state index is -1.83. The monoisotopic (exact) mass is 746 g/mol. The summed E-state index contributed by atoms with van der Waals surface area (Å²) < 4.78 is 10.7. The number of imide groups is 1. The molecule has 7 atom stereocenters. The number of hydrogen-bond donors (Lipinski definition) is 7. The van der Waals surface area contributed by atoms with Gasteiger partial charge in [0.2, 0.25) is 17.7 Å². The van der Waals surface area contributed by atoms with Gasteiger partial charge in [-0.15, -0.1) is 0 Å². The molecule has 292 valence electrons. The zero-order valence-electron chi connectivity index (χ0n) is 30.3. The average Bonchev–Trinajstić information content (AvgIpc) is 3.43. The summed E-state index contributed by atoms with van der Waals surface area (Å²) in [5, 5.41) is 48.1. The molecule has 3 rings (SSSR count). The molecule has 1 fully saturated rings. The van der Waals surface area contributed by atoms with Gasteiger partial charge < -0.3 is 45.9 Å². The topological polar surface area (TPSA) is 258 Å². The third kappa shape index (κ3) is 12.2. The van der Waals surface area contributed by atoms with Gasteiger partial charge in [-0.3, -0.25) is 33.7 Å². The van der Waals surface area contributed by atoms with Crippen LogP contribution in [0.25, 0.3) is 0 Å². The lowest BCUT2D eigenvalue weighted by Crippen LogP contribution is -2.59. The second-order valence-corrected chi connectivity index (χ2v) is 13.4. The molecule has 0 saturated carbocycles. The van der Waals surface area contributed by atoms with E-state index in [4.69, 9.17) is 9.47 Å². The number of nitrogens with zero attached hydrogens (tertiary/aromatic N) is 1. The quantitative estimate of drug-likeness (QED) is 0.0563. The maximum Gasteiger partial charge on any atom is 0.335 e. The lowest BCUT2D eigenvalue weighted by Gasteiger charge is -2.39. The van der Waals surface area contributed by atoms with E-state index >= 15 is 0 Å². The number of carbonyl (C=O) groups is 7. The first kappa shape index (κ1) is 42.7. The van der Waals surface area contributed by atoms with E-state index in [1.54, 1.807) is 39.0 Å². The molecule has 2 heterocycles. The Hall–Kier alpha value is -4.71. The van der Waals surface area contributed by atoms with E-state index < -0.39 is 66.4 Å². The second-order valence-electron chi connectivity index (χ2n) is 13.4. The molecule has 0 radical (unpaired) electrons. The SMILES string of the molecule is CCC(=O)OCc1ccc(NC(=O)[C@H](C)NC(=O)[C@@H](NC(=O)CCCCCN2C(=O)C=CC2=O)C(C)C)cc1CC[C@@H]1O[C@H](C(=O)O)[C@H](O)[C@H](O)[C@@H]1O. The molecule has 0 aliphatic carbocycles. The largest absolute Gasteiger partial charge is 0.479 e. The molecule has 17 heteroatoms. The summed E-state index contributed by atoms with van der Waals surface area (Å²) in [6.45, 7) is 6.74. The number of carboxylic acids is 1. The molecular weight excluding hydrogens is 696 g/mol. The van der Waals surface area contributed by atoms with Crippen LogP contribution in [0.1, 0.15) is 77.3 Å². The lowest BCUT2D eigenvalue weighted by molar-refractivity contribution is -0.228. The summed E-state index contributed by atoms with van der Waals surface area (Å²) in [7, 11) is 0. The summed E-state index contributed by atoms with van der Waals surface area (Å²) >= 11 is 0. The standard InChI is InChI=1S/C36H50N4O13/c1-5-28(44)52-18-22-10-12-23(17-21(22)11-13-24-30(45)31(46)32(47)33(53-24)36(50)51)38-34(48)20(4)37-35(49)29(19(2)3)39-25(41)9-7-6-8-16-40-26(42)14-15-27(40)43/h10,12,14-15,17,19-20,24,29-33,45-47H,5-9,11,13,16,18H2,1-4H3,(H,37,49)(H,38,48)(H,39,41)(H,50,51)/t20-,24-,29-,30+,31+,32+,33-/m0/s1. The third-order valence-electron chi connectivity index (χ3n) is 9.01. The van der Waals surface area contributed by atoms with E-state index in [9.17, 15) is 54.0 Å². The van der Waals surface area contributed by atoms with Gasteiger partial charge in [-0.2, -0.15) is 0 Å². The molecule has 5 amide bonds. The molecule has 53 heavy (non-hydrogen) atoms. The van der Waals surface area contributed by atoms with Crippen molar-refractivity contribution >= 4 is 47.2 Å². The third-order valence-corrected chi connectivity index (χ3v) is 9.01. The number of ether oxygens (including phenoxy) is 2. The van der Waals surface area contributed by atoms with Crippen molar-refractivity contribution in [3.05, 3.63) is 41.5 Å². The van der Waals surface area contributed by atoms with Gasteiger partial charge in [-0.05, 0) is 61.8 Å². The number of benzene rings is 1. The Balaban J connectivity index is 1.59. The van der Waals surface area contributed by atoms with Crippen LogP contribution in [0.3, 0.4) is 0 Å². The number of unbranched alkanes of at least 4 members (excludes halogenated alkanes) is 2. The minimum Gasteiger partial charge on any atom is -0.479 e. The number of aliphatic hydroxyl groups is 3. The number of amides is 5.